The van der Waals surface area contributed by atoms with Crippen LogP contribution in [0.1, 0.15) is 58.6 Å². The van der Waals surface area contributed by atoms with E-state index in [1.807, 2.05) is 0 Å². The van der Waals surface area contributed by atoms with Crippen molar-refractivity contribution in [3.05, 3.63) is 53.1 Å². The van der Waals surface area contributed by atoms with Gasteiger partial charge in [-0.3, -0.25) is 0 Å². The molecule has 0 radical (unpaired) electrons. The van der Waals surface area contributed by atoms with Gasteiger partial charge < -0.3 is 5.32 Å². The first-order valence-corrected chi connectivity index (χ1v) is 7.98. The largest absolute Gasteiger partial charge is 0.378 e. The summed E-state index contributed by atoms with van der Waals surface area (Å²) in [6.45, 7) is 13.7. The molecular weight excluding hydrogens is 254 g/mol. The van der Waals surface area contributed by atoms with Crippen molar-refractivity contribution in [1.29, 1.82) is 0 Å². The zero-order valence-corrected chi connectivity index (χ0v) is 14.1. The van der Waals surface area contributed by atoms with Gasteiger partial charge in [0.25, 0.3) is 0 Å². The van der Waals surface area contributed by atoms with Crippen LogP contribution in [-0.4, -0.2) is 6.04 Å². The Hall–Kier alpha value is -1.50. The van der Waals surface area contributed by atoms with E-state index >= 15 is 0 Å². The Morgan fingerprint density at radius 2 is 1.67 bits per heavy atom. The lowest BCUT2D eigenvalue weighted by atomic mass is 9.78. The van der Waals surface area contributed by atoms with Crippen molar-refractivity contribution >= 4 is 5.69 Å². The smallest absolute Gasteiger partial charge is 0.0552 e. The Morgan fingerprint density at radius 3 is 2.29 bits per heavy atom. The highest BCUT2D eigenvalue weighted by Crippen LogP contribution is 2.44. The summed E-state index contributed by atoms with van der Waals surface area (Å²) in [4.78, 5) is 0. The van der Waals surface area contributed by atoms with E-state index in [1.54, 1.807) is 0 Å². The third kappa shape index (κ3) is 2.54. The van der Waals surface area contributed by atoms with Crippen LogP contribution in [0.15, 0.2) is 42.0 Å². The van der Waals surface area contributed by atoms with E-state index in [0.29, 0.717) is 12.0 Å². The Labute approximate surface area is 129 Å². The van der Waals surface area contributed by atoms with Crippen molar-refractivity contribution in [3.63, 3.8) is 0 Å². The second-order valence-corrected chi connectivity index (χ2v) is 8.48. The van der Waals surface area contributed by atoms with Gasteiger partial charge in [-0.15, -0.1) is 0 Å². The maximum Gasteiger partial charge on any atom is 0.0552 e. The number of nitrogens with one attached hydrogen (secondary N) is 1. The number of rotatable bonds is 0. The fourth-order valence-electron chi connectivity index (χ4n) is 3.22. The lowest BCUT2D eigenvalue weighted by Crippen LogP contribution is -2.22. The minimum Gasteiger partial charge on any atom is -0.378 e. The van der Waals surface area contributed by atoms with Crippen LogP contribution in [0, 0.1) is 5.41 Å². The molecule has 2 aliphatic rings. The van der Waals surface area contributed by atoms with Gasteiger partial charge in [0.1, 0.15) is 0 Å². The first-order chi connectivity index (χ1) is 9.66. The standard InChI is InChI=1S/C20H27N/c1-19(2,3)13-7-9-17-15(11-13)16-12-14(20(4,5)6)8-10-18(16)21-17/h7-12,15,17,21H,1-6H3. The van der Waals surface area contributed by atoms with Gasteiger partial charge in [0.2, 0.25) is 0 Å². The Bertz CT molecular complexity index is 620. The van der Waals surface area contributed by atoms with E-state index in [9.17, 15) is 0 Å². The first kappa shape index (κ1) is 14.4. The zero-order valence-electron chi connectivity index (χ0n) is 14.1. The molecule has 1 aliphatic heterocycles. The molecule has 0 saturated carbocycles. The molecule has 1 heterocycles. The molecule has 112 valence electrons. The number of hydrogen-bond acceptors (Lipinski definition) is 1. The predicted molar refractivity (Wildman–Crippen MR) is 92.0 cm³/mol. The average molecular weight is 281 g/mol. The minimum atomic E-state index is 0.203. The molecule has 1 heteroatoms. The number of anilines is 1. The molecule has 1 N–H and O–H groups in total. The topological polar surface area (TPSA) is 12.0 Å². The van der Waals surface area contributed by atoms with E-state index in [2.05, 4.69) is 83.3 Å². The zero-order chi connectivity index (χ0) is 15.4. The second-order valence-electron chi connectivity index (χ2n) is 8.48. The Kier molecular flexibility index (Phi) is 3.09. The van der Waals surface area contributed by atoms with Crippen LogP contribution in [0.2, 0.25) is 0 Å². The van der Waals surface area contributed by atoms with Gasteiger partial charge in [0.05, 0.1) is 6.04 Å². The van der Waals surface area contributed by atoms with Crippen molar-refractivity contribution in [3.8, 4) is 0 Å². The average Bonchev–Trinajstić information content (AvgIpc) is 2.73. The van der Waals surface area contributed by atoms with Crippen molar-refractivity contribution in [1.82, 2.24) is 0 Å². The molecule has 1 aromatic rings. The van der Waals surface area contributed by atoms with Gasteiger partial charge in [0.15, 0.2) is 0 Å². The van der Waals surface area contributed by atoms with E-state index in [1.165, 1.54) is 22.4 Å². The van der Waals surface area contributed by atoms with Gasteiger partial charge >= 0.3 is 0 Å². The fraction of sp³-hybridized carbons (Fsp3) is 0.500. The van der Waals surface area contributed by atoms with Gasteiger partial charge in [0, 0.05) is 11.6 Å². The van der Waals surface area contributed by atoms with Crippen LogP contribution >= 0.6 is 0 Å². The van der Waals surface area contributed by atoms with E-state index in [4.69, 9.17) is 0 Å². The van der Waals surface area contributed by atoms with Crippen molar-refractivity contribution < 1.29 is 0 Å². The van der Waals surface area contributed by atoms with E-state index < -0.39 is 0 Å². The third-order valence-electron chi connectivity index (χ3n) is 4.69. The van der Waals surface area contributed by atoms with Crippen molar-refractivity contribution in [2.75, 3.05) is 5.32 Å². The molecule has 0 saturated heterocycles. The molecule has 2 unspecified atom stereocenters. The molecule has 0 spiro atoms. The summed E-state index contributed by atoms with van der Waals surface area (Å²) in [7, 11) is 0. The highest BCUT2D eigenvalue weighted by molar-refractivity contribution is 5.65. The summed E-state index contributed by atoms with van der Waals surface area (Å²) in [6.07, 6.45) is 7.10. The first-order valence-electron chi connectivity index (χ1n) is 7.98. The number of fused-ring (bicyclic) bond motifs is 3. The van der Waals surface area contributed by atoms with Gasteiger partial charge in [-0.05, 0) is 33.6 Å². The van der Waals surface area contributed by atoms with Crippen LogP contribution in [0.4, 0.5) is 5.69 Å². The molecule has 21 heavy (non-hydrogen) atoms. The molecule has 0 bridgehead atoms. The Balaban J connectivity index is 2.04. The third-order valence-corrected chi connectivity index (χ3v) is 4.69. The van der Waals surface area contributed by atoms with Crippen LogP contribution in [0.25, 0.3) is 0 Å². The molecule has 0 fully saturated rings. The molecule has 1 aromatic carbocycles. The highest BCUT2D eigenvalue weighted by Gasteiger charge is 2.33. The normalized spacial score (nSPS) is 24.2. The Morgan fingerprint density at radius 1 is 0.952 bits per heavy atom. The quantitative estimate of drug-likeness (QED) is 0.671. The molecule has 3 rings (SSSR count). The van der Waals surface area contributed by atoms with Crippen LogP contribution in [-0.2, 0) is 5.41 Å². The number of allylic oxidation sites excluding steroid dienone is 2. The summed E-state index contributed by atoms with van der Waals surface area (Å²) in [5, 5.41) is 3.66. The summed E-state index contributed by atoms with van der Waals surface area (Å²) in [5.74, 6) is 0.474. The maximum absolute atomic E-state index is 3.66. The van der Waals surface area contributed by atoms with Crippen molar-refractivity contribution in [2.24, 2.45) is 5.41 Å². The number of hydrogen-bond donors (Lipinski definition) is 1. The highest BCUT2D eigenvalue weighted by atomic mass is 15.0. The molecule has 1 nitrogen and oxygen atoms in total. The number of benzene rings is 1. The predicted octanol–water partition coefficient (Wildman–Crippen LogP) is 5.40. The lowest BCUT2D eigenvalue weighted by molar-refractivity contribution is 0.508. The summed E-state index contributed by atoms with van der Waals surface area (Å²) in [6, 6.07) is 7.35. The second kappa shape index (κ2) is 4.50. The SMILES string of the molecule is CC(C)(C)C1=CC2c3cc(C(C)(C)C)ccc3NC2C=C1. The lowest BCUT2D eigenvalue weighted by Gasteiger charge is -2.27. The summed E-state index contributed by atoms with van der Waals surface area (Å²) < 4.78 is 0. The minimum absolute atomic E-state index is 0.203. The van der Waals surface area contributed by atoms with Gasteiger partial charge in [-0.1, -0.05) is 71.9 Å². The van der Waals surface area contributed by atoms with Gasteiger partial charge in [-0.25, -0.2) is 0 Å². The van der Waals surface area contributed by atoms with E-state index in [-0.39, 0.29) is 10.8 Å². The monoisotopic (exact) mass is 281 g/mol. The summed E-state index contributed by atoms with van der Waals surface area (Å²) in [5.41, 5.74) is 6.04. The van der Waals surface area contributed by atoms with Crippen LogP contribution < -0.4 is 5.32 Å². The maximum atomic E-state index is 3.66. The molecule has 1 aliphatic carbocycles. The fourth-order valence-corrected chi connectivity index (χ4v) is 3.22. The molecule has 2 atom stereocenters. The van der Waals surface area contributed by atoms with Gasteiger partial charge in [-0.2, -0.15) is 0 Å². The summed E-state index contributed by atoms with van der Waals surface area (Å²) >= 11 is 0. The van der Waals surface area contributed by atoms with E-state index in [0.717, 1.165) is 0 Å². The molecular formula is C20H27N. The van der Waals surface area contributed by atoms with Crippen LogP contribution in [0.5, 0.6) is 0 Å². The molecule has 0 amide bonds. The molecule has 0 aromatic heterocycles. The van der Waals surface area contributed by atoms with Crippen LogP contribution in [0.3, 0.4) is 0 Å². The van der Waals surface area contributed by atoms with Crippen molar-refractivity contribution in [2.45, 2.75) is 58.9 Å².